The van der Waals surface area contributed by atoms with Crippen LogP contribution in [0.1, 0.15) is 5.56 Å². The summed E-state index contributed by atoms with van der Waals surface area (Å²) in [6.45, 7) is 0. The number of nitrogens with two attached hydrogens (primary N) is 1. The Morgan fingerprint density at radius 3 is 2.44 bits per heavy atom. The zero-order valence-electron chi connectivity index (χ0n) is 9.29. The molecule has 1 aromatic heterocycles. The van der Waals surface area contributed by atoms with Crippen LogP contribution in [0, 0.1) is 5.82 Å². The molecule has 0 aliphatic carbocycles. The molecule has 1 aromatic carbocycles. The fraction of sp³-hybridized carbons (Fsp3) is 0.182. The summed E-state index contributed by atoms with van der Waals surface area (Å²) >= 11 is 0. The number of anilines is 1. The Labute approximate surface area is 99.8 Å². The minimum atomic E-state index is -4.74. The van der Waals surface area contributed by atoms with E-state index in [9.17, 15) is 17.6 Å². The highest BCUT2D eigenvalue weighted by Gasteiger charge is 2.35. The molecule has 2 aromatic rings. The van der Waals surface area contributed by atoms with Crippen LogP contribution in [0.25, 0.3) is 11.3 Å². The first kappa shape index (κ1) is 12.4. The zero-order valence-corrected chi connectivity index (χ0v) is 9.29. The van der Waals surface area contributed by atoms with Gasteiger partial charge in [0, 0.05) is 18.7 Å². The second-order valence-corrected chi connectivity index (χ2v) is 3.74. The molecule has 2 rings (SSSR count). The van der Waals surface area contributed by atoms with Crippen molar-refractivity contribution in [2.45, 2.75) is 6.18 Å². The van der Waals surface area contributed by atoms with Gasteiger partial charge in [-0.2, -0.15) is 18.3 Å². The number of rotatable bonds is 1. The molecular weight excluding hydrogens is 250 g/mol. The van der Waals surface area contributed by atoms with Crippen LogP contribution in [0.15, 0.2) is 24.3 Å². The van der Waals surface area contributed by atoms with E-state index >= 15 is 0 Å². The Morgan fingerprint density at radius 1 is 1.28 bits per heavy atom. The summed E-state index contributed by atoms with van der Waals surface area (Å²) in [7, 11) is 1.52. The predicted molar refractivity (Wildman–Crippen MR) is 58.0 cm³/mol. The molecule has 0 amide bonds. The van der Waals surface area contributed by atoms with Gasteiger partial charge in [0.1, 0.15) is 11.6 Å². The van der Waals surface area contributed by atoms with Crippen LogP contribution in [0.4, 0.5) is 23.4 Å². The van der Waals surface area contributed by atoms with E-state index in [1.807, 2.05) is 0 Å². The average molecular weight is 259 g/mol. The van der Waals surface area contributed by atoms with E-state index in [0.29, 0.717) is 6.07 Å². The van der Waals surface area contributed by atoms with Crippen LogP contribution in [0.5, 0.6) is 0 Å². The summed E-state index contributed by atoms with van der Waals surface area (Å²) < 4.78 is 52.7. The summed E-state index contributed by atoms with van der Waals surface area (Å²) in [5, 5.41) is 3.85. The molecule has 0 saturated heterocycles. The van der Waals surface area contributed by atoms with Crippen molar-refractivity contribution < 1.29 is 17.6 Å². The average Bonchev–Trinajstić information content (AvgIpc) is 2.57. The standard InChI is InChI=1S/C11H9F4N3/c1-18-9(16)5-8(17-18)6-3-2-4-7(10(6)12)11(13,14)15/h2-5H,16H2,1H3. The highest BCUT2D eigenvalue weighted by molar-refractivity contribution is 5.64. The number of nitrogen functional groups attached to an aromatic ring is 1. The van der Waals surface area contributed by atoms with Gasteiger partial charge in [0.25, 0.3) is 0 Å². The van der Waals surface area contributed by atoms with Gasteiger partial charge in [-0.05, 0) is 12.1 Å². The molecule has 1 heterocycles. The molecule has 0 bridgehead atoms. The number of nitrogens with zero attached hydrogens (tertiary/aromatic N) is 2. The van der Waals surface area contributed by atoms with E-state index in [0.717, 1.165) is 6.07 Å². The summed E-state index contributed by atoms with van der Waals surface area (Å²) in [6, 6.07) is 4.36. The molecule has 0 atom stereocenters. The maximum Gasteiger partial charge on any atom is 0.419 e. The highest BCUT2D eigenvalue weighted by Crippen LogP contribution is 2.35. The molecule has 0 unspecified atom stereocenters. The molecular formula is C11H9F4N3. The van der Waals surface area contributed by atoms with Gasteiger partial charge in [0.05, 0.1) is 11.3 Å². The van der Waals surface area contributed by atoms with Crippen molar-refractivity contribution in [3.8, 4) is 11.3 Å². The lowest BCUT2D eigenvalue weighted by Gasteiger charge is -2.09. The first-order chi connectivity index (χ1) is 8.30. The topological polar surface area (TPSA) is 43.8 Å². The first-order valence-electron chi connectivity index (χ1n) is 4.96. The highest BCUT2D eigenvalue weighted by atomic mass is 19.4. The predicted octanol–water partition coefficient (Wildman–Crippen LogP) is 2.83. The van der Waals surface area contributed by atoms with E-state index in [-0.39, 0.29) is 17.1 Å². The van der Waals surface area contributed by atoms with E-state index in [4.69, 9.17) is 5.73 Å². The van der Waals surface area contributed by atoms with Gasteiger partial charge in [-0.1, -0.05) is 6.07 Å². The molecule has 0 aliphatic rings. The van der Waals surface area contributed by atoms with Crippen molar-refractivity contribution in [3.63, 3.8) is 0 Å². The lowest BCUT2D eigenvalue weighted by molar-refractivity contribution is -0.139. The van der Waals surface area contributed by atoms with Gasteiger partial charge in [0.2, 0.25) is 0 Å². The Morgan fingerprint density at radius 2 is 1.94 bits per heavy atom. The number of benzene rings is 1. The fourth-order valence-corrected chi connectivity index (χ4v) is 1.56. The maximum absolute atomic E-state index is 13.8. The molecule has 0 fully saturated rings. The Kier molecular flexibility index (Phi) is 2.76. The van der Waals surface area contributed by atoms with Crippen molar-refractivity contribution in [2.24, 2.45) is 7.05 Å². The van der Waals surface area contributed by atoms with E-state index in [1.165, 1.54) is 23.9 Å². The van der Waals surface area contributed by atoms with Gasteiger partial charge in [-0.15, -0.1) is 0 Å². The Bertz CT molecular complexity index is 567. The van der Waals surface area contributed by atoms with E-state index in [1.54, 1.807) is 0 Å². The summed E-state index contributed by atoms with van der Waals surface area (Å²) in [6.07, 6.45) is -4.74. The number of hydrogen-bond acceptors (Lipinski definition) is 2. The third kappa shape index (κ3) is 2.03. The van der Waals surface area contributed by atoms with Crippen LogP contribution in [0.2, 0.25) is 0 Å². The molecule has 2 N–H and O–H groups in total. The normalized spacial score (nSPS) is 11.8. The lowest BCUT2D eigenvalue weighted by Crippen LogP contribution is -2.08. The van der Waals surface area contributed by atoms with Crippen molar-refractivity contribution in [1.29, 1.82) is 0 Å². The lowest BCUT2D eigenvalue weighted by atomic mass is 10.1. The molecule has 7 heteroatoms. The second kappa shape index (κ2) is 4.01. The summed E-state index contributed by atoms with van der Waals surface area (Å²) in [5.74, 6) is -1.11. The van der Waals surface area contributed by atoms with Gasteiger partial charge < -0.3 is 5.73 Å². The molecule has 0 radical (unpaired) electrons. The Hall–Kier alpha value is -2.05. The van der Waals surface area contributed by atoms with Crippen LogP contribution >= 0.6 is 0 Å². The molecule has 0 spiro atoms. The fourth-order valence-electron chi connectivity index (χ4n) is 1.56. The Balaban J connectivity index is 2.59. The van der Waals surface area contributed by atoms with E-state index in [2.05, 4.69) is 5.10 Å². The molecule has 0 aliphatic heterocycles. The number of hydrogen-bond donors (Lipinski definition) is 1. The van der Waals surface area contributed by atoms with Crippen molar-refractivity contribution in [3.05, 3.63) is 35.6 Å². The largest absolute Gasteiger partial charge is 0.419 e. The zero-order chi connectivity index (χ0) is 13.5. The molecule has 3 nitrogen and oxygen atoms in total. The monoisotopic (exact) mass is 259 g/mol. The van der Waals surface area contributed by atoms with Gasteiger partial charge >= 0.3 is 6.18 Å². The smallest absolute Gasteiger partial charge is 0.384 e. The first-order valence-corrected chi connectivity index (χ1v) is 4.96. The van der Waals surface area contributed by atoms with Crippen LogP contribution in [-0.4, -0.2) is 9.78 Å². The number of halogens is 4. The van der Waals surface area contributed by atoms with Gasteiger partial charge in [-0.3, -0.25) is 4.68 Å². The van der Waals surface area contributed by atoms with Crippen LogP contribution in [-0.2, 0) is 13.2 Å². The van der Waals surface area contributed by atoms with Crippen LogP contribution in [0.3, 0.4) is 0 Å². The van der Waals surface area contributed by atoms with E-state index < -0.39 is 17.6 Å². The van der Waals surface area contributed by atoms with Crippen LogP contribution < -0.4 is 5.73 Å². The summed E-state index contributed by atoms with van der Waals surface area (Å²) in [5.41, 5.74) is 4.04. The third-order valence-corrected chi connectivity index (χ3v) is 2.50. The SMILES string of the molecule is Cn1nc(-c2cccc(C(F)(F)F)c2F)cc1N. The molecule has 0 saturated carbocycles. The maximum atomic E-state index is 13.8. The second-order valence-electron chi connectivity index (χ2n) is 3.74. The third-order valence-electron chi connectivity index (χ3n) is 2.50. The number of alkyl halides is 3. The van der Waals surface area contributed by atoms with Crippen molar-refractivity contribution in [2.75, 3.05) is 5.73 Å². The van der Waals surface area contributed by atoms with Crippen molar-refractivity contribution >= 4 is 5.82 Å². The quantitative estimate of drug-likeness (QED) is 0.800. The van der Waals surface area contributed by atoms with Gasteiger partial charge in [-0.25, -0.2) is 4.39 Å². The minimum absolute atomic E-state index is 0.0681. The molecule has 96 valence electrons. The van der Waals surface area contributed by atoms with Crippen molar-refractivity contribution in [1.82, 2.24) is 9.78 Å². The summed E-state index contributed by atoms with van der Waals surface area (Å²) in [4.78, 5) is 0. The number of aromatic nitrogens is 2. The minimum Gasteiger partial charge on any atom is -0.384 e. The van der Waals surface area contributed by atoms with Gasteiger partial charge in [0.15, 0.2) is 0 Å². The number of aryl methyl sites for hydroxylation is 1. The molecule has 18 heavy (non-hydrogen) atoms.